The van der Waals surface area contributed by atoms with E-state index in [4.69, 9.17) is 11.6 Å². The van der Waals surface area contributed by atoms with Crippen LogP contribution in [0.2, 0.25) is 5.02 Å². The average molecular weight is 478 g/mol. The summed E-state index contributed by atoms with van der Waals surface area (Å²) >= 11 is 6.00. The normalized spacial score (nSPS) is 20.2. The predicted octanol–water partition coefficient (Wildman–Crippen LogP) is 3.46. The lowest BCUT2D eigenvalue weighted by atomic mass is 9.88. The van der Waals surface area contributed by atoms with Crippen molar-refractivity contribution >= 4 is 27.5 Å². The van der Waals surface area contributed by atoms with Crippen molar-refractivity contribution in [2.75, 3.05) is 19.6 Å². The standard InChI is InChI=1S/C24H32ClN3O3S/c1-16(2)23(18-6-8-20(25)9-7-18)15-27-24(29)19-12-21(14-26-13-19)28-32(30,31)22-10-4-17(3)5-11-22/h4-11,16,19,21,23,26,28H,12-15H2,1-3H3,(H,27,29)/t19-,21+,23?/m0/s1. The van der Waals surface area contributed by atoms with Crippen LogP contribution in [0.15, 0.2) is 53.4 Å². The Labute approximate surface area is 196 Å². The van der Waals surface area contributed by atoms with Gasteiger partial charge in [0.1, 0.15) is 0 Å². The number of aryl methyl sites for hydroxylation is 1. The van der Waals surface area contributed by atoms with Gasteiger partial charge in [0.25, 0.3) is 0 Å². The van der Waals surface area contributed by atoms with Crippen LogP contribution >= 0.6 is 11.6 Å². The van der Waals surface area contributed by atoms with Crippen molar-refractivity contribution < 1.29 is 13.2 Å². The molecule has 174 valence electrons. The van der Waals surface area contributed by atoms with Crippen LogP contribution in [-0.4, -0.2) is 40.0 Å². The summed E-state index contributed by atoms with van der Waals surface area (Å²) in [5.74, 6) is 0.155. The highest BCUT2D eigenvalue weighted by molar-refractivity contribution is 7.89. The molecule has 3 N–H and O–H groups in total. The van der Waals surface area contributed by atoms with E-state index in [0.717, 1.165) is 11.1 Å². The summed E-state index contributed by atoms with van der Waals surface area (Å²) < 4.78 is 28.2. The fourth-order valence-electron chi connectivity index (χ4n) is 4.04. The molecule has 8 heteroatoms. The van der Waals surface area contributed by atoms with Gasteiger partial charge < -0.3 is 10.6 Å². The van der Waals surface area contributed by atoms with Crippen LogP contribution in [0.5, 0.6) is 0 Å². The number of halogens is 1. The number of sulfonamides is 1. The van der Waals surface area contributed by atoms with E-state index in [1.165, 1.54) is 0 Å². The molecule has 1 saturated heterocycles. The first kappa shape index (κ1) is 24.7. The van der Waals surface area contributed by atoms with Gasteiger partial charge in [0, 0.05) is 36.6 Å². The molecular weight excluding hydrogens is 446 g/mol. The smallest absolute Gasteiger partial charge is 0.240 e. The van der Waals surface area contributed by atoms with Crippen molar-refractivity contribution in [1.82, 2.24) is 15.4 Å². The summed E-state index contributed by atoms with van der Waals surface area (Å²) in [6, 6.07) is 14.1. The minimum atomic E-state index is -3.63. The first-order valence-electron chi connectivity index (χ1n) is 11.0. The minimum Gasteiger partial charge on any atom is -0.355 e. The Morgan fingerprint density at radius 3 is 2.38 bits per heavy atom. The monoisotopic (exact) mass is 477 g/mol. The number of carbonyl (C=O) groups is 1. The van der Waals surface area contributed by atoms with Gasteiger partial charge in [-0.25, -0.2) is 13.1 Å². The third kappa shape index (κ3) is 6.54. The summed E-state index contributed by atoms with van der Waals surface area (Å²) in [5.41, 5.74) is 2.13. The SMILES string of the molecule is Cc1ccc(S(=O)(=O)N[C@H]2CNC[C@@H](C(=O)NCC(c3ccc(Cl)cc3)C(C)C)C2)cc1. The van der Waals surface area contributed by atoms with Crippen molar-refractivity contribution in [3.63, 3.8) is 0 Å². The summed E-state index contributed by atoms with van der Waals surface area (Å²) in [4.78, 5) is 13.1. The third-order valence-electron chi connectivity index (χ3n) is 5.97. The van der Waals surface area contributed by atoms with E-state index >= 15 is 0 Å². The number of amides is 1. The van der Waals surface area contributed by atoms with E-state index in [0.29, 0.717) is 37.0 Å². The van der Waals surface area contributed by atoms with Crippen molar-refractivity contribution in [2.24, 2.45) is 11.8 Å². The Balaban J connectivity index is 1.58. The Hall–Kier alpha value is -1.93. The number of hydrogen-bond acceptors (Lipinski definition) is 4. The predicted molar refractivity (Wildman–Crippen MR) is 128 cm³/mol. The van der Waals surface area contributed by atoms with Crippen LogP contribution in [0.25, 0.3) is 0 Å². The lowest BCUT2D eigenvalue weighted by Gasteiger charge is -2.30. The fraction of sp³-hybridized carbons (Fsp3) is 0.458. The molecule has 6 nitrogen and oxygen atoms in total. The molecular formula is C24H32ClN3O3S. The molecule has 3 atom stereocenters. The van der Waals surface area contributed by atoms with Crippen molar-refractivity contribution in [2.45, 2.75) is 44.0 Å². The molecule has 0 aromatic heterocycles. The molecule has 1 unspecified atom stereocenters. The molecule has 2 aromatic carbocycles. The van der Waals surface area contributed by atoms with E-state index in [-0.39, 0.29) is 28.7 Å². The van der Waals surface area contributed by atoms with Crippen LogP contribution in [0.3, 0.4) is 0 Å². The van der Waals surface area contributed by atoms with Gasteiger partial charge in [0.05, 0.1) is 10.8 Å². The van der Waals surface area contributed by atoms with Crippen LogP contribution in [-0.2, 0) is 14.8 Å². The highest BCUT2D eigenvalue weighted by Crippen LogP contribution is 2.25. The van der Waals surface area contributed by atoms with Crippen molar-refractivity contribution in [3.8, 4) is 0 Å². The van der Waals surface area contributed by atoms with Gasteiger partial charge in [-0.05, 0) is 49.1 Å². The molecule has 1 heterocycles. The lowest BCUT2D eigenvalue weighted by molar-refractivity contribution is -0.125. The van der Waals surface area contributed by atoms with E-state index in [2.05, 4.69) is 29.2 Å². The number of benzene rings is 2. The van der Waals surface area contributed by atoms with Gasteiger partial charge in [-0.1, -0.05) is 55.3 Å². The maximum Gasteiger partial charge on any atom is 0.240 e. The van der Waals surface area contributed by atoms with E-state index < -0.39 is 10.0 Å². The number of carbonyl (C=O) groups excluding carboxylic acids is 1. The fourth-order valence-corrected chi connectivity index (χ4v) is 5.41. The first-order valence-corrected chi connectivity index (χ1v) is 12.8. The molecule has 1 aliphatic heterocycles. The third-order valence-corrected chi connectivity index (χ3v) is 7.76. The van der Waals surface area contributed by atoms with E-state index in [1.807, 2.05) is 31.2 Å². The Kier molecular flexibility index (Phi) is 8.33. The van der Waals surface area contributed by atoms with Crippen LogP contribution in [0, 0.1) is 18.8 Å². The second kappa shape index (κ2) is 10.8. The van der Waals surface area contributed by atoms with Gasteiger partial charge in [0.2, 0.25) is 15.9 Å². The second-order valence-corrected chi connectivity index (χ2v) is 11.0. The maximum absolute atomic E-state index is 12.9. The zero-order chi connectivity index (χ0) is 23.3. The molecule has 1 aliphatic rings. The van der Waals surface area contributed by atoms with Crippen LogP contribution in [0.4, 0.5) is 0 Å². The van der Waals surface area contributed by atoms with E-state index in [9.17, 15) is 13.2 Å². The first-order chi connectivity index (χ1) is 15.2. The van der Waals surface area contributed by atoms with Crippen molar-refractivity contribution in [3.05, 3.63) is 64.7 Å². The number of nitrogens with one attached hydrogen (secondary N) is 3. The summed E-state index contributed by atoms with van der Waals surface area (Å²) in [6.45, 7) is 7.71. The molecule has 0 spiro atoms. The Bertz CT molecular complexity index is 1010. The summed E-state index contributed by atoms with van der Waals surface area (Å²) in [6.07, 6.45) is 0.456. The zero-order valence-electron chi connectivity index (χ0n) is 18.8. The molecule has 3 rings (SSSR count). The number of rotatable bonds is 8. The summed E-state index contributed by atoms with van der Waals surface area (Å²) in [5, 5.41) is 6.96. The lowest BCUT2D eigenvalue weighted by Crippen LogP contribution is -2.52. The molecule has 0 bridgehead atoms. The van der Waals surface area contributed by atoms with Crippen LogP contribution < -0.4 is 15.4 Å². The van der Waals surface area contributed by atoms with Crippen LogP contribution in [0.1, 0.15) is 37.3 Å². The molecule has 2 aromatic rings. The highest BCUT2D eigenvalue weighted by atomic mass is 35.5. The highest BCUT2D eigenvalue weighted by Gasteiger charge is 2.30. The van der Waals surface area contributed by atoms with Gasteiger partial charge in [0.15, 0.2) is 0 Å². The quantitative estimate of drug-likeness (QED) is 0.543. The van der Waals surface area contributed by atoms with Gasteiger partial charge in [-0.2, -0.15) is 0 Å². The number of hydrogen-bond donors (Lipinski definition) is 3. The minimum absolute atomic E-state index is 0.0589. The largest absolute Gasteiger partial charge is 0.355 e. The Morgan fingerprint density at radius 1 is 1.09 bits per heavy atom. The van der Waals surface area contributed by atoms with Gasteiger partial charge >= 0.3 is 0 Å². The van der Waals surface area contributed by atoms with E-state index in [1.54, 1.807) is 24.3 Å². The van der Waals surface area contributed by atoms with Crippen molar-refractivity contribution in [1.29, 1.82) is 0 Å². The van der Waals surface area contributed by atoms with Gasteiger partial charge in [-0.3, -0.25) is 4.79 Å². The average Bonchev–Trinajstić information content (AvgIpc) is 2.75. The van der Waals surface area contributed by atoms with Gasteiger partial charge in [-0.15, -0.1) is 0 Å². The zero-order valence-corrected chi connectivity index (χ0v) is 20.3. The molecule has 0 saturated carbocycles. The molecule has 0 aliphatic carbocycles. The maximum atomic E-state index is 12.9. The Morgan fingerprint density at radius 2 is 1.75 bits per heavy atom. The second-order valence-electron chi connectivity index (χ2n) is 8.87. The molecule has 1 amide bonds. The topological polar surface area (TPSA) is 87.3 Å². The summed E-state index contributed by atoms with van der Waals surface area (Å²) in [7, 11) is -3.63. The number of piperidine rings is 1. The molecule has 1 fully saturated rings. The molecule has 0 radical (unpaired) electrons. The molecule has 32 heavy (non-hydrogen) atoms.